The van der Waals surface area contributed by atoms with Crippen molar-refractivity contribution >= 4 is 5.91 Å². The van der Waals surface area contributed by atoms with Crippen molar-refractivity contribution in [2.75, 3.05) is 33.2 Å². The molecule has 1 amide bonds. The fourth-order valence-corrected chi connectivity index (χ4v) is 2.08. The Morgan fingerprint density at radius 3 is 2.56 bits per heavy atom. The first kappa shape index (κ1) is 11.4. The van der Waals surface area contributed by atoms with Gasteiger partial charge in [-0.3, -0.25) is 4.79 Å². The molecule has 1 saturated heterocycles. The maximum atomic E-state index is 12.2. The molecule has 1 fully saturated rings. The minimum atomic E-state index is 0.205. The Labute approximate surface area is 97.4 Å². The summed E-state index contributed by atoms with van der Waals surface area (Å²) in [5.41, 5.74) is 0.877. The van der Waals surface area contributed by atoms with E-state index in [1.807, 2.05) is 11.0 Å². The van der Waals surface area contributed by atoms with Crippen LogP contribution in [0.15, 0.2) is 23.8 Å². The molecule has 0 spiro atoms. The van der Waals surface area contributed by atoms with E-state index in [1.54, 1.807) is 0 Å². The molecule has 3 heteroatoms. The second kappa shape index (κ2) is 4.83. The molecule has 16 heavy (non-hydrogen) atoms. The molecule has 88 valence electrons. The number of carbonyl (C=O) groups excluding carboxylic acids is 1. The van der Waals surface area contributed by atoms with Gasteiger partial charge in [-0.05, 0) is 19.4 Å². The highest BCUT2D eigenvalue weighted by Gasteiger charge is 2.21. The van der Waals surface area contributed by atoms with Crippen molar-refractivity contribution in [3.8, 4) is 0 Å². The van der Waals surface area contributed by atoms with Gasteiger partial charge in [0.25, 0.3) is 5.91 Å². The Hall–Kier alpha value is -1.09. The highest BCUT2D eigenvalue weighted by molar-refractivity contribution is 5.96. The number of amides is 1. The van der Waals surface area contributed by atoms with E-state index in [0.29, 0.717) is 5.92 Å². The van der Waals surface area contributed by atoms with Gasteiger partial charge in [0.1, 0.15) is 0 Å². The number of allylic oxidation sites excluding steroid dienone is 2. The van der Waals surface area contributed by atoms with Gasteiger partial charge >= 0.3 is 0 Å². The minimum absolute atomic E-state index is 0.205. The number of carbonyl (C=O) groups is 1. The second-order valence-electron chi connectivity index (χ2n) is 4.83. The number of piperazine rings is 1. The van der Waals surface area contributed by atoms with Crippen LogP contribution in [0.25, 0.3) is 0 Å². The molecule has 0 aromatic carbocycles. The molecule has 3 nitrogen and oxygen atoms in total. The van der Waals surface area contributed by atoms with E-state index in [-0.39, 0.29) is 5.91 Å². The summed E-state index contributed by atoms with van der Waals surface area (Å²) in [6.07, 6.45) is 7.18. The molecule has 0 aromatic rings. The second-order valence-corrected chi connectivity index (χ2v) is 4.83. The summed E-state index contributed by atoms with van der Waals surface area (Å²) in [5, 5.41) is 0. The monoisotopic (exact) mass is 220 g/mol. The lowest BCUT2D eigenvalue weighted by Crippen LogP contribution is -2.47. The number of rotatable bonds is 1. The molecule has 0 aromatic heterocycles. The average molecular weight is 220 g/mol. The van der Waals surface area contributed by atoms with E-state index in [4.69, 9.17) is 0 Å². The van der Waals surface area contributed by atoms with E-state index in [2.05, 4.69) is 31.0 Å². The van der Waals surface area contributed by atoms with Crippen molar-refractivity contribution < 1.29 is 4.79 Å². The third kappa shape index (κ3) is 2.53. The summed E-state index contributed by atoms with van der Waals surface area (Å²) < 4.78 is 0. The first-order valence-corrected chi connectivity index (χ1v) is 6.03. The number of nitrogens with zero attached hydrogens (tertiary/aromatic N) is 2. The molecule has 0 bridgehead atoms. The average Bonchev–Trinajstić information content (AvgIpc) is 2.30. The lowest BCUT2D eigenvalue weighted by Gasteiger charge is -2.33. The van der Waals surface area contributed by atoms with Gasteiger partial charge in [0, 0.05) is 31.8 Å². The zero-order chi connectivity index (χ0) is 11.5. The zero-order valence-corrected chi connectivity index (χ0v) is 10.1. The third-order valence-corrected chi connectivity index (χ3v) is 3.35. The summed E-state index contributed by atoms with van der Waals surface area (Å²) in [6.45, 7) is 5.86. The van der Waals surface area contributed by atoms with Crippen molar-refractivity contribution in [1.29, 1.82) is 0 Å². The maximum Gasteiger partial charge on any atom is 0.253 e. The summed E-state index contributed by atoms with van der Waals surface area (Å²) in [7, 11) is 2.10. The van der Waals surface area contributed by atoms with E-state index in [0.717, 1.165) is 38.2 Å². The van der Waals surface area contributed by atoms with Gasteiger partial charge in [-0.2, -0.15) is 0 Å². The smallest absolute Gasteiger partial charge is 0.253 e. The molecule has 1 aliphatic heterocycles. The lowest BCUT2D eigenvalue weighted by atomic mass is 9.98. The topological polar surface area (TPSA) is 23.6 Å². The van der Waals surface area contributed by atoms with E-state index in [1.165, 1.54) is 0 Å². The molecule has 0 radical (unpaired) electrons. The van der Waals surface area contributed by atoms with Crippen LogP contribution in [0, 0.1) is 5.92 Å². The number of hydrogen-bond acceptors (Lipinski definition) is 2. The summed E-state index contributed by atoms with van der Waals surface area (Å²) in [4.78, 5) is 16.4. The number of hydrogen-bond donors (Lipinski definition) is 0. The van der Waals surface area contributed by atoms with Crippen LogP contribution in [0.2, 0.25) is 0 Å². The van der Waals surface area contributed by atoms with Crippen molar-refractivity contribution in [1.82, 2.24) is 9.80 Å². The van der Waals surface area contributed by atoms with Gasteiger partial charge < -0.3 is 9.80 Å². The summed E-state index contributed by atoms with van der Waals surface area (Å²) in [6, 6.07) is 0. The number of likely N-dealkylation sites (N-methyl/N-ethyl adjacent to an activating group) is 1. The molecule has 1 atom stereocenters. The standard InChI is InChI=1S/C13H20N2O/c1-11-3-5-12(6-4-11)13(16)15-9-7-14(2)8-10-15/h3,5-6,11H,4,7-10H2,1-2H3/t11-/m1/s1. The normalized spacial score (nSPS) is 26.8. The minimum Gasteiger partial charge on any atom is -0.336 e. The summed E-state index contributed by atoms with van der Waals surface area (Å²) in [5.74, 6) is 0.778. The molecule has 2 rings (SSSR count). The van der Waals surface area contributed by atoms with Gasteiger partial charge in [0.15, 0.2) is 0 Å². The molecular formula is C13H20N2O. The fraction of sp³-hybridized carbons (Fsp3) is 0.615. The molecule has 1 aliphatic carbocycles. The van der Waals surface area contributed by atoms with Crippen LogP contribution in [-0.4, -0.2) is 48.9 Å². The van der Waals surface area contributed by atoms with Crippen LogP contribution < -0.4 is 0 Å². The van der Waals surface area contributed by atoms with E-state index < -0.39 is 0 Å². The molecule has 0 N–H and O–H groups in total. The van der Waals surface area contributed by atoms with Gasteiger partial charge in [0.05, 0.1) is 0 Å². The highest BCUT2D eigenvalue weighted by Crippen LogP contribution is 2.17. The van der Waals surface area contributed by atoms with Gasteiger partial charge in [-0.15, -0.1) is 0 Å². The highest BCUT2D eigenvalue weighted by atomic mass is 16.2. The molecule has 0 unspecified atom stereocenters. The predicted molar refractivity (Wildman–Crippen MR) is 65.1 cm³/mol. The van der Waals surface area contributed by atoms with Crippen LogP contribution in [0.3, 0.4) is 0 Å². The van der Waals surface area contributed by atoms with Crippen LogP contribution in [-0.2, 0) is 4.79 Å². The molecule has 0 saturated carbocycles. The predicted octanol–water partition coefficient (Wildman–Crippen LogP) is 1.28. The van der Waals surface area contributed by atoms with Crippen LogP contribution in [0.1, 0.15) is 13.3 Å². The Bertz CT molecular complexity index is 325. The largest absolute Gasteiger partial charge is 0.336 e. The molecular weight excluding hydrogens is 200 g/mol. The fourth-order valence-electron chi connectivity index (χ4n) is 2.08. The van der Waals surface area contributed by atoms with Crippen molar-refractivity contribution in [2.24, 2.45) is 5.92 Å². The SMILES string of the molecule is C[C@@H]1C=CC(C(=O)N2CCN(C)CC2)=CC1. The van der Waals surface area contributed by atoms with Crippen molar-refractivity contribution in [3.05, 3.63) is 23.8 Å². The van der Waals surface area contributed by atoms with Crippen LogP contribution in [0.5, 0.6) is 0 Å². The van der Waals surface area contributed by atoms with Crippen molar-refractivity contribution in [2.45, 2.75) is 13.3 Å². The van der Waals surface area contributed by atoms with E-state index >= 15 is 0 Å². The zero-order valence-electron chi connectivity index (χ0n) is 10.1. The van der Waals surface area contributed by atoms with Gasteiger partial charge in [-0.1, -0.05) is 25.2 Å². The van der Waals surface area contributed by atoms with E-state index in [9.17, 15) is 4.79 Å². The van der Waals surface area contributed by atoms with Gasteiger partial charge in [-0.25, -0.2) is 0 Å². The Balaban J connectivity index is 1.95. The van der Waals surface area contributed by atoms with Crippen LogP contribution in [0.4, 0.5) is 0 Å². The third-order valence-electron chi connectivity index (χ3n) is 3.35. The quantitative estimate of drug-likeness (QED) is 0.664. The molecule has 1 heterocycles. The Morgan fingerprint density at radius 2 is 2.00 bits per heavy atom. The summed E-state index contributed by atoms with van der Waals surface area (Å²) >= 11 is 0. The Morgan fingerprint density at radius 1 is 1.31 bits per heavy atom. The first-order valence-electron chi connectivity index (χ1n) is 6.03. The maximum absolute atomic E-state index is 12.2. The van der Waals surface area contributed by atoms with Gasteiger partial charge in [0.2, 0.25) is 0 Å². The molecule has 2 aliphatic rings. The van der Waals surface area contributed by atoms with Crippen LogP contribution >= 0.6 is 0 Å². The lowest BCUT2D eigenvalue weighted by molar-refractivity contribution is -0.128. The Kier molecular flexibility index (Phi) is 3.44. The first-order chi connectivity index (χ1) is 7.66. The van der Waals surface area contributed by atoms with Crippen molar-refractivity contribution in [3.63, 3.8) is 0 Å².